The number of para-hydroxylation sites is 2. The Morgan fingerprint density at radius 2 is 1.60 bits per heavy atom. The van der Waals surface area contributed by atoms with Gasteiger partial charge in [0, 0.05) is 17.1 Å². The number of anilines is 2. The minimum Gasteiger partial charge on any atom is -0.280 e. The van der Waals surface area contributed by atoms with Crippen molar-refractivity contribution in [1.29, 1.82) is 5.26 Å². The zero-order valence-electron chi connectivity index (χ0n) is 17.3. The Labute approximate surface area is 182 Å². The van der Waals surface area contributed by atoms with E-state index in [0.717, 1.165) is 29.9 Å². The molecule has 2 aromatic carbocycles. The fourth-order valence-electron chi connectivity index (χ4n) is 3.19. The maximum atomic E-state index is 13.7. The summed E-state index contributed by atoms with van der Waals surface area (Å²) in [6.45, 7) is 4.09. The minimum absolute atomic E-state index is 0.0218. The average molecular weight is 416 g/mol. The SMILES string of the molecule is CCCc1ccc(C#N)c(SC(CC)C(=O)N(c2ccccc2)c2ccccc2)n1. The molecule has 0 fully saturated rings. The zero-order chi connectivity index (χ0) is 21.3. The van der Waals surface area contributed by atoms with E-state index in [2.05, 4.69) is 18.0 Å². The molecule has 3 aromatic rings. The van der Waals surface area contributed by atoms with Crippen molar-refractivity contribution >= 4 is 29.0 Å². The van der Waals surface area contributed by atoms with Gasteiger partial charge >= 0.3 is 0 Å². The van der Waals surface area contributed by atoms with Gasteiger partial charge in [-0.3, -0.25) is 9.69 Å². The molecule has 1 amide bonds. The third-order valence-corrected chi connectivity index (χ3v) is 6.05. The van der Waals surface area contributed by atoms with E-state index in [1.807, 2.05) is 79.7 Å². The number of hydrogen-bond acceptors (Lipinski definition) is 4. The first-order valence-electron chi connectivity index (χ1n) is 10.2. The number of amides is 1. The largest absolute Gasteiger partial charge is 0.280 e. The van der Waals surface area contributed by atoms with Crippen LogP contribution in [0.15, 0.2) is 77.8 Å². The molecule has 0 saturated heterocycles. The Hall–Kier alpha value is -3.10. The molecule has 0 N–H and O–H groups in total. The molecule has 0 aliphatic heterocycles. The number of hydrogen-bond donors (Lipinski definition) is 0. The second-order valence-electron chi connectivity index (χ2n) is 6.88. The lowest BCUT2D eigenvalue weighted by Crippen LogP contribution is -2.34. The fourth-order valence-corrected chi connectivity index (χ4v) is 4.25. The van der Waals surface area contributed by atoms with Crippen molar-refractivity contribution < 1.29 is 4.79 Å². The van der Waals surface area contributed by atoms with E-state index in [9.17, 15) is 10.1 Å². The smallest absolute Gasteiger partial charge is 0.245 e. The van der Waals surface area contributed by atoms with Crippen molar-refractivity contribution in [1.82, 2.24) is 4.98 Å². The molecule has 0 aliphatic rings. The number of benzene rings is 2. The topological polar surface area (TPSA) is 57.0 Å². The maximum absolute atomic E-state index is 13.7. The van der Waals surface area contributed by atoms with E-state index in [4.69, 9.17) is 0 Å². The number of carbonyl (C=O) groups is 1. The third-order valence-electron chi connectivity index (χ3n) is 4.69. The van der Waals surface area contributed by atoms with Crippen LogP contribution in [0.5, 0.6) is 0 Å². The van der Waals surface area contributed by atoms with E-state index in [1.165, 1.54) is 11.8 Å². The Morgan fingerprint density at radius 1 is 1.00 bits per heavy atom. The van der Waals surface area contributed by atoms with Gasteiger partial charge in [0.15, 0.2) is 0 Å². The van der Waals surface area contributed by atoms with E-state index >= 15 is 0 Å². The highest BCUT2D eigenvalue weighted by Crippen LogP contribution is 2.33. The first kappa shape index (κ1) is 21.6. The number of carbonyl (C=O) groups excluding carboxylic acids is 1. The zero-order valence-corrected chi connectivity index (χ0v) is 18.1. The van der Waals surface area contributed by atoms with Crippen molar-refractivity contribution in [2.45, 2.75) is 43.4 Å². The summed E-state index contributed by atoms with van der Waals surface area (Å²) in [4.78, 5) is 20.1. The van der Waals surface area contributed by atoms with Gasteiger partial charge < -0.3 is 0 Å². The van der Waals surface area contributed by atoms with E-state index in [0.29, 0.717) is 17.0 Å². The van der Waals surface area contributed by atoms with Crippen LogP contribution in [-0.2, 0) is 11.2 Å². The summed E-state index contributed by atoms with van der Waals surface area (Å²) in [5, 5.41) is 9.80. The summed E-state index contributed by atoms with van der Waals surface area (Å²) >= 11 is 1.38. The Kier molecular flexibility index (Phi) is 7.64. The van der Waals surface area contributed by atoms with Crippen LogP contribution in [0.1, 0.15) is 37.9 Å². The van der Waals surface area contributed by atoms with Crippen molar-refractivity contribution in [3.63, 3.8) is 0 Å². The number of aryl methyl sites for hydroxylation is 1. The first-order valence-corrected chi connectivity index (χ1v) is 11.1. The van der Waals surface area contributed by atoms with Gasteiger partial charge in [-0.25, -0.2) is 4.98 Å². The van der Waals surface area contributed by atoms with Gasteiger partial charge in [0.25, 0.3) is 0 Å². The molecule has 1 atom stereocenters. The first-order chi connectivity index (χ1) is 14.7. The minimum atomic E-state index is -0.359. The molecule has 0 saturated carbocycles. The maximum Gasteiger partial charge on any atom is 0.245 e. The molecule has 0 aliphatic carbocycles. The quantitative estimate of drug-likeness (QED) is 0.415. The van der Waals surface area contributed by atoms with E-state index in [1.54, 1.807) is 4.90 Å². The lowest BCUT2D eigenvalue weighted by molar-refractivity contribution is -0.117. The normalized spacial score (nSPS) is 11.5. The second-order valence-corrected chi connectivity index (χ2v) is 8.07. The van der Waals surface area contributed by atoms with Crippen LogP contribution >= 0.6 is 11.8 Å². The molecule has 0 spiro atoms. The molecular weight excluding hydrogens is 390 g/mol. The van der Waals surface area contributed by atoms with Crippen LogP contribution < -0.4 is 4.90 Å². The van der Waals surface area contributed by atoms with Gasteiger partial charge in [-0.05, 0) is 49.2 Å². The monoisotopic (exact) mass is 415 g/mol. The Balaban J connectivity index is 1.96. The molecule has 30 heavy (non-hydrogen) atoms. The average Bonchev–Trinajstić information content (AvgIpc) is 2.79. The van der Waals surface area contributed by atoms with Crippen molar-refractivity contribution in [2.75, 3.05) is 4.90 Å². The number of nitrogens with zero attached hydrogens (tertiary/aromatic N) is 3. The summed E-state index contributed by atoms with van der Waals surface area (Å²) in [7, 11) is 0. The van der Waals surface area contributed by atoms with Gasteiger partial charge in [-0.15, -0.1) is 0 Å². The van der Waals surface area contributed by atoms with Crippen LogP contribution in [0, 0.1) is 11.3 Å². The lowest BCUT2D eigenvalue weighted by atomic mass is 10.2. The standard InChI is InChI=1S/C25H25N3OS/c1-3-11-20-17-16-19(18-26)24(27-20)30-23(4-2)25(29)28(21-12-7-5-8-13-21)22-14-9-6-10-15-22/h5-10,12-17,23H,3-4,11H2,1-2H3. The molecule has 0 bridgehead atoms. The van der Waals surface area contributed by atoms with Gasteiger partial charge in [0.2, 0.25) is 5.91 Å². The number of thioether (sulfide) groups is 1. The number of rotatable bonds is 8. The van der Waals surface area contributed by atoms with Crippen LogP contribution in [0.3, 0.4) is 0 Å². The van der Waals surface area contributed by atoms with Crippen molar-refractivity contribution in [3.05, 3.63) is 84.1 Å². The number of aromatic nitrogens is 1. The van der Waals surface area contributed by atoms with Crippen LogP contribution in [-0.4, -0.2) is 16.1 Å². The van der Waals surface area contributed by atoms with Crippen LogP contribution in [0.2, 0.25) is 0 Å². The molecular formula is C25H25N3OS. The second kappa shape index (κ2) is 10.6. The lowest BCUT2D eigenvalue weighted by Gasteiger charge is -2.27. The highest BCUT2D eigenvalue weighted by atomic mass is 32.2. The molecule has 5 heteroatoms. The fraction of sp³-hybridized carbons (Fsp3) is 0.240. The van der Waals surface area contributed by atoms with Gasteiger partial charge in [-0.1, -0.05) is 68.4 Å². The molecule has 1 unspecified atom stereocenters. The highest BCUT2D eigenvalue weighted by Gasteiger charge is 2.27. The van der Waals surface area contributed by atoms with Gasteiger partial charge in [-0.2, -0.15) is 5.26 Å². The summed E-state index contributed by atoms with van der Waals surface area (Å²) in [6, 6.07) is 25.2. The third kappa shape index (κ3) is 5.08. The highest BCUT2D eigenvalue weighted by molar-refractivity contribution is 8.00. The number of nitriles is 1. The van der Waals surface area contributed by atoms with E-state index in [-0.39, 0.29) is 11.2 Å². The summed E-state index contributed by atoms with van der Waals surface area (Å²) < 4.78 is 0. The van der Waals surface area contributed by atoms with Crippen LogP contribution in [0.4, 0.5) is 11.4 Å². The molecule has 0 radical (unpaired) electrons. The predicted molar refractivity (Wildman–Crippen MR) is 123 cm³/mol. The molecule has 3 rings (SSSR count). The van der Waals surface area contributed by atoms with Crippen molar-refractivity contribution in [3.8, 4) is 6.07 Å². The molecule has 1 aromatic heterocycles. The van der Waals surface area contributed by atoms with Gasteiger partial charge in [0.1, 0.15) is 11.1 Å². The van der Waals surface area contributed by atoms with Crippen molar-refractivity contribution in [2.24, 2.45) is 0 Å². The summed E-state index contributed by atoms with van der Waals surface area (Å²) in [6.07, 6.45) is 2.46. The molecule has 1 heterocycles. The Bertz CT molecular complexity index is 976. The predicted octanol–water partition coefficient (Wildman–Crippen LogP) is 6.14. The van der Waals surface area contributed by atoms with Crippen LogP contribution in [0.25, 0.3) is 0 Å². The number of pyridine rings is 1. The van der Waals surface area contributed by atoms with Gasteiger partial charge in [0.05, 0.1) is 10.8 Å². The molecule has 152 valence electrons. The Morgan fingerprint density at radius 3 is 2.10 bits per heavy atom. The van der Waals surface area contributed by atoms with E-state index < -0.39 is 0 Å². The molecule has 4 nitrogen and oxygen atoms in total. The summed E-state index contributed by atoms with van der Waals surface area (Å²) in [5.41, 5.74) is 3.10. The summed E-state index contributed by atoms with van der Waals surface area (Å²) in [5.74, 6) is -0.0218.